The summed E-state index contributed by atoms with van der Waals surface area (Å²) in [7, 11) is -1.14. The van der Waals surface area contributed by atoms with E-state index in [-0.39, 0.29) is 29.7 Å². The van der Waals surface area contributed by atoms with Gasteiger partial charge in [0.05, 0.1) is 5.75 Å². The van der Waals surface area contributed by atoms with Gasteiger partial charge >= 0.3 is 0 Å². The van der Waals surface area contributed by atoms with E-state index in [0.717, 1.165) is 25.5 Å². The van der Waals surface area contributed by atoms with Gasteiger partial charge < -0.3 is 10.2 Å². The zero-order chi connectivity index (χ0) is 16.7. The Balaban J connectivity index is 0.00000288. The monoisotopic (exact) mass is 463 g/mol. The molecular weight excluding hydrogens is 437 g/mol. The van der Waals surface area contributed by atoms with Crippen molar-refractivity contribution in [3.63, 3.8) is 0 Å². The van der Waals surface area contributed by atoms with Crippen LogP contribution >= 0.6 is 24.0 Å². The number of benzene rings is 1. The number of halogens is 1. The molecule has 1 heterocycles. The Hall–Kier alpha value is -1.09. The Morgan fingerprint density at radius 1 is 1.29 bits per heavy atom. The molecule has 0 spiro atoms. The van der Waals surface area contributed by atoms with E-state index in [1.807, 2.05) is 6.07 Å². The van der Waals surface area contributed by atoms with Crippen molar-refractivity contribution in [3.8, 4) is 0 Å². The molecule has 0 aromatic heterocycles. The average molecular weight is 463 g/mol. The molecule has 0 unspecified atom stereocenters. The minimum absolute atomic E-state index is 0. The molecule has 0 amide bonds. The lowest BCUT2D eigenvalue weighted by Gasteiger charge is -2.29. The van der Waals surface area contributed by atoms with Gasteiger partial charge in [0.2, 0.25) is 0 Å². The van der Waals surface area contributed by atoms with Crippen molar-refractivity contribution >= 4 is 45.3 Å². The Bertz CT molecular complexity index is 672. The molecule has 1 aromatic carbocycles. The molecule has 7 heteroatoms. The molecule has 0 aliphatic carbocycles. The molecule has 1 aliphatic rings. The molecule has 0 atom stereocenters. The Labute approximate surface area is 162 Å². The van der Waals surface area contributed by atoms with Crippen molar-refractivity contribution in [3.05, 3.63) is 42.0 Å². The van der Waals surface area contributed by atoms with Crippen molar-refractivity contribution < 1.29 is 8.42 Å². The first kappa shape index (κ1) is 21.0. The third kappa shape index (κ3) is 6.80. The maximum Gasteiger partial charge on any atom is 0.193 e. The molecular formula is C17H26IN3O2S. The van der Waals surface area contributed by atoms with Crippen LogP contribution in [-0.2, 0) is 9.84 Å². The molecule has 0 bridgehead atoms. The van der Waals surface area contributed by atoms with Gasteiger partial charge in [-0.05, 0) is 24.0 Å². The molecule has 24 heavy (non-hydrogen) atoms. The van der Waals surface area contributed by atoms with Crippen LogP contribution in [0.25, 0.3) is 5.57 Å². The summed E-state index contributed by atoms with van der Waals surface area (Å²) in [6.07, 6.45) is 5.08. The highest BCUT2D eigenvalue weighted by atomic mass is 127. The van der Waals surface area contributed by atoms with E-state index in [1.54, 1.807) is 7.05 Å². The van der Waals surface area contributed by atoms with Gasteiger partial charge in [0.1, 0.15) is 9.84 Å². The number of sulfone groups is 1. The van der Waals surface area contributed by atoms with E-state index in [4.69, 9.17) is 0 Å². The largest absolute Gasteiger partial charge is 0.356 e. The second-order valence-electron chi connectivity index (χ2n) is 5.75. The molecule has 0 saturated carbocycles. The summed E-state index contributed by atoms with van der Waals surface area (Å²) in [4.78, 5) is 6.48. The minimum atomic E-state index is -2.89. The SMILES string of the molecule is CN=C(NCCCS(C)(=O)=O)N1CC=C(c2ccccc2)CC1.I. The smallest absolute Gasteiger partial charge is 0.193 e. The molecule has 0 fully saturated rings. The highest BCUT2D eigenvalue weighted by Gasteiger charge is 2.15. The fourth-order valence-corrected chi connectivity index (χ4v) is 3.31. The predicted octanol–water partition coefficient (Wildman–Crippen LogP) is 2.40. The predicted molar refractivity (Wildman–Crippen MR) is 112 cm³/mol. The van der Waals surface area contributed by atoms with Crippen LogP contribution in [0.15, 0.2) is 41.4 Å². The van der Waals surface area contributed by atoms with E-state index < -0.39 is 9.84 Å². The van der Waals surface area contributed by atoms with Crippen LogP contribution in [0.1, 0.15) is 18.4 Å². The number of hydrogen-bond acceptors (Lipinski definition) is 3. The number of rotatable bonds is 5. The van der Waals surface area contributed by atoms with Crippen molar-refractivity contribution in [2.45, 2.75) is 12.8 Å². The van der Waals surface area contributed by atoms with Gasteiger partial charge in [-0.2, -0.15) is 0 Å². The molecule has 0 radical (unpaired) electrons. The minimum Gasteiger partial charge on any atom is -0.356 e. The first-order chi connectivity index (χ1) is 11.0. The summed E-state index contributed by atoms with van der Waals surface area (Å²) in [6.45, 7) is 2.34. The quantitative estimate of drug-likeness (QED) is 0.316. The molecule has 1 N–H and O–H groups in total. The third-order valence-corrected chi connectivity index (χ3v) is 4.87. The topological polar surface area (TPSA) is 61.8 Å². The fourth-order valence-electron chi connectivity index (χ4n) is 2.64. The van der Waals surface area contributed by atoms with Crippen molar-refractivity contribution in [2.75, 3.05) is 38.7 Å². The van der Waals surface area contributed by atoms with Crippen molar-refractivity contribution in [1.29, 1.82) is 0 Å². The first-order valence-corrected chi connectivity index (χ1v) is 9.93. The summed E-state index contributed by atoms with van der Waals surface area (Å²) in [5.41, 5.74) is 2.65. The highest BCUT2D eigenvalue weighted by Crippen LogP contribution is 2.21. The van der Waals surface area contributed by atoms with Crippen LogP contribution in [0.5, 0.6) is 0 Å². The van der Waals surface area contributed by atoms with Gasteiger partial charge in [-0.3, -0.25) is 4.99 Å². The Morgan fingerprint density at radius 2 is 2.00 bits per heavy atom. The summed E-state index contributed by atoms with van der Waals surface area (Å²) in [5.74, 6) is 1.04. The molecule has 2 rings (SSSR count). The zero-order valence-electron chi connectivity index (χ0n) is 14.2. The number of nitrogens with one attached hydrogen (secondary N) is 1. The molecule has 0 saturated heterocycles. The first-order valence-electron chi connectivity index (χ1n) is 7.87. The number of hydrogen-bond donors (Lipinski definition) is 1. The summed E-state index contributed by atoms with van der Waals surface area (Å²) < 4.78 is 22.3. The molecule has 1 aromatic rings. The van der Waals surface area contributed by atoms with E-state index in [0.29, 0.717) is 13.0 Å². The second-order valence-corrected chi connectivity index (χ2v) is 8.01. The second kappa shape index (κ2) is 10.0. The summed E-state index contributed by atoms with van der Waals surface area (Å²) in [6, 6.07) is 10.4. The molecule has 5 nitrogen and oxygen atoms in total. The van der Waals surface area contributed by atoms with Crippen LogP contribution in [0.4, 0.5) is 0 Å². The van der Waals surface area contributed by atoms with Gasteiger partial charge in [0, 0.05) is 32.9 Å². The maximum atomic E-state index is 11.1. The number of aliphatic imine (C=N–C) groups is 1. The van der Waals surface area contributed by atoms with Gasteiger partial charge in [0.15, 0.2) is 5.96 Å². The highest BCUT2D eigenvalue weighted by molar-refractivity contribution is 14.0. The summed E-state index contributed by atoms with van der Waals surface area (Å²) in [5, 5.41) is 3.25. The van der Waals surface area contributed by atoms with Gasteiger partial charge in [-0.15, -0.1) is 24.0 Å². The maximum absolute atomic E-state index is 11.1. The van der Waals surface area contributed by atoms with Gasteiger partial charge in [-0.1, -0.05) is 36.4 Å². The fraction of sp³-hybridized carbons (Fsp3) is 0.471. The Morgan fingerprint density at radius 3 is 2.54 bits per heavy atom. The average Bonchev–Trinajstić information content (AvgIpc) is 2.55. The van der Waals surface area contributed by atoms with Crippen LogP contribution < -0.4 is 5.32 Å². The van der Waals surface area contributed by atoms with Crippen molar-refractivity contribution in [2.24, 2.45) is 4.99 Å². The number of guanidine groups is 1. The third-order valence-electron chi connectivity index (χ3n) is 3.84. The van der Waals surface area contributed by atoms with Crippen LogP contribution in [-0.4, -0.2) is 58.0 Å². The van der Waals surface area contributed by atoms with Gasteiger partial charge in [-0.25, -0.2) is 8.42 Å². The molecule has 1 aliphatic heterocycles. The standard InChI is InChI=1S/C17H25N3O2S.HI/c1-18-17(19-11-6-14-23(2,21)22)20-12-9-16(10-13-20)15-7-4-3-5-8-15;/h3-5,7-9H,6,10-14H2,1-2H3,(H,18,19);1H. The lowest BCUT2D eigenvalue weighted by atomic mass is 10.00. The summed E-state index contributed by atoms with van der Waals surface area (Å²) >= 11 is 0. The lowest BCUT2D eigenvalue weighted by molar-refractivity contribution is 0.440. The van der Waals surface area contributed by atoms with Crippen LogP contribution in [0.2, 0.25) is 0 Å². The number of nitrogens with zero attached hydrogens (tertiary/aromatic N) is 2. The van der Waals surface area contributed by atoms with E-state index in [9.17, 15) is 8.42 Å². The van der Waals surface area contributed by atoms with Crippen LogP contribution in [0, 0.1) is 0 Å². The van der Waals surface area contributed by atoms with E-state index >= 15 is 0 Å². The van der Waals surface area contributed by atoms with E-state index in [1.165, 1.54) is 17.4 Å². The van der Waals surface area contributed by atoms with Crippen LogP contribution in [0.3, 0.4) is 0 Å². The zero-order valence-corrected chi connectivity index (χ0v) is 17.4. The van der Waals surface area contributed by atoms with E-state index in [2.05, 4.69) is 45.6 Å². The van der Waals surface area contributed by atoms with Gasteiger partial charge in [0.25, 0.3) is 0 Å². The Kier molecular flexibility index (Phi) is 8.75. The molecule has 134 valence electrons. The van der Waals surface area contributed by atoms with Crippen molar-refractivity contribution in [1.82, 2.24) is 10.2 Å². The normalized spacial score (nSPS) is 15.5. The lowest BCUT2D eigenvalue weighted by Crippen LogP contribution is -2.44.